The SMILES string of the molecule is CN(C)c1ccc(C(=O)N[C@@H](Cc2ccccc2)C(=O)Nc2ccc3sc(C(=O)NO)cc3c2)cc1. The van der Waals surface area contributed by atoms with Crippen LogP contribution in [-0.2, 0) is 11.2 Å². The third-order valence-corrected chi connectivity index (χ3v) is 6.77. The molecule has 0 saturated carbocycles. The minimum absolute atomic E-state index is 0.315. The molecule has 0 saturated heterocycles. The number of rotatable bonds is 8. The molecule has 0 radical (unpaired) electrons. The van der Waals surface area contributed by atoms with Crippen molar-refractivity contribution in [3.8, 4) is 0 Å². The molecule has 36 heavy (non-hydrogen) atoms. The summed E-state index contributed by atoms with van der Waals surface area (Å²) in [4.78, 5) is 40.3. The van der Waals surface area contributed by atoms with E-state index in [0.29, 0.717) is 22.5 Å². The second kappa shape index (κ2) is 11.0. The summed E-state index contributed by atoms with van der Waals surface area (Å²) in [6.45, 7) is 0. The first-order valence-corrected chi connectivity index (χ1v) is 12.1. The lowest BCUT2D eigenvalue weighted by Gasteiger charge is -2.19. The van der Waals surface area contributed by atoms with E-state index in [-0.39, 0.29) is 11.8 Å². The van der Waals surface area contributed by atoms with Gasteiger partial charge in [-0.25, -0.2) is 5.48 Å². The minimum Gasteiger partial charge on any atom is -0.378 e. The number of amides is 3. The van der Waals surface area contributed by atoms with Crippen LogP contribution in [0.2, 0.25) is 0 Å². The number of thiophene rings is 1. The second-order valence-electron chi connectivity index (χ2n) is 8.45. The molecule has 184 valence electrons. The van der Waals surface area contributed by atoms with Crippen molar-refractivity contribution in [1.29, 1.82) is 0 Å². The Balaban J connectivity index is 1.54. The van der Waals surface area contributed by atoms with Crippen LogP contribution >= 0.6 is 11.3 Å². The highest BCUT2D eigenvalue weighted by atomic mass is 32.1. The summed E-state index contributed by atoms with van der Waals surface area (Å²) in [5.74, 6) is -1.30. The number of carbonyl (C=O) groups excluding carboxylic acids is 3. The average molecular weight is 503 g/mol. The van der Waals surface area contributed by atoms with Crippen molar-refractivity contribution in [1.82, 2.24) is 10.8 Å². The maximum atomic E-state index is 13.3. The zero-order valence-electron chi connectivity index (χ0n) is 19.8. The molecule has 8 nitrogen and oxygen atoms in total. The van der Waals surface area contributed by atoms with Crippen molar-refractivity contribution >= 4 is 50.5 Å². The molecule has 4 aromatic rings. The molecular weight excluding hydrogens is 476 g/mol. The number of carbonyl (C=O) groups is 3. The van der Waals surface area contributed by atoms with Crippen molar-refractivity contribution in [3.63, 3.8) is 0 Å². The molecule has 0 aliphatic carbocycles. The van der Waals surface area contributed by atoms with Gasteiger partial charge in [0.05, 0.1) is 4.88 Å². The van der Waals surface area contributed by atoms with Gasteiger partial charge in [0.25, 0.3) is 11.8 Å². The number of nitrogens with zero attached hydrogens (tertiary/aromatic N) is 1. The van der Waals surface area contributed by atoms with Gasteiger partial charge in [-0.15, -0.1) is 11.3 Å². The van der Waals surface area contributed by atoms with Crippen molar-refractivity contribution in [2.24, 2.45) is 0 Å². The van der Waals surface area contributed by atoms with Crippen LogP contribution in [0.25, 0.3) is 10.1 Å². The van der Waals surface area contributed by atoms with Crippen molar-refractivity contribution < 1.29 is 19.6 Å². The van der Waals surface area contributed by atoms with E-state index in [1.807, 2.05) is 61.5 Å². The van der Waals surface area contributed by atoms with Crippen LogP contribution in [0.15, 0.2) is 78.9 Å². The second-order valence-corrected chi connectivity index (χ2v) is 9.53. The van der Waals surface area contributed by atoms with Gasteiger partial charge in [0.15, 0.2) is 0 Å². The Hall–Kier alpha value is -4.21. The van der Waals surface area contributed by atoms with Gasteiger partial charge >= 0.3 is 0 Å². The van der Waals surface area contributed by atoms with Gasteiger partial charge in [-0.05, 0) is 59.5 Å². The zero-order valence-corrected chi connectivity index (χ0v) is 20.6. The van der Waals surface area contributed by atoms with Gasteiger partial charge in [-0.2, -0.15) is 0 Å². The Morgan fingerprint density at radius 2 is 1.64 bits per heavy atom. The molecule has 0 fully saturated rings. The molecule has 0 bridgehead atoms. The van der Waals surface area contributed by atoms with Gasteiger partial charge in [-0.3, -0.25) is 19.6 Å². The van der Waals surface area contributed by atoms with E-state index >= 15 is 0 Å². The van der Waals surface area contributed by atoms with E-state index in [4.69, 9.17) is 5.21 Å². The molecule has 0 spiro atoms. The van der Waals surface area contributed by atoms with Gasteiger partial charge in [0, 0.05) is 42.2 Å². The lowest BCUT2D eigenvalue weighted by molar-refractivity contribution is -0.118. The van der Waals surface area contributed by atoms with Crippen molar-refractivity contribution in [2.75, 3.05) is 24.3 Å². The first kappa shape index (κ1) is 24.9. The quantitative estimate of drug-likeness (QED) is 0.215. The van der Waals surface area contributed by atoms with Gasteiger partial charge in [0.1, 0.15) is 6.04 Å². The topological polar surface area (TPSA) is 111 Å². The minimum atomic E-state index is -0.817. The lowest BCUT2D eigenvalue weighted by atomic mass is 10.0. The summed E-state index contributed by atoms with van der Waals surface area (Å²) in [6, 6.07) is 22.7. The fraction of sp³-hybridized carbons (Fsp3) is 0.148. The number of benzene rings is 3. The standard InChI is InChI=1S/C27H26N4O4S/c1-31(2)21-11-8-18(9-12-21)25(32)29-22(14-17-6-4-3-5-7-17)26(33)28-20-10-13-23-19(15-20)16-24(36-23)27(34)30-35/h3-13,15-16,22,35H,14H2,1-2H3,(H,28,33)(H,29,32)(H,30,34)/t22-/m0/s1. The molecule has 1 aromatic heterocycles. The first-order chi connectivity index (χ1) is 17.3. The molecule has 0 aliphatic rings. The van der Waals surface area contributed by atoms with Crippen LogP contribution in [0.3, 0.4) is 0 Å². The van der Waals surface area contributed by atoms with Crippen LogP contribution in [0.4, 0.5) is 11.4 Å². The average Bonchev–Trinajstić information content (AvgIpc) is 3.32. The Bertz CT molecular complexity index is 1380. The molecule has 0 aliphatic heterocycles. The summed E-state index contributed by atoms with van der Waals surface area (Å²) in [5, 5.41) is 15.4. The maximum absolute atomic E-state index is 13.3. The molecule has 1 heterocycles. The van der Waals surface area contributed by atoms with E-state index < -0.39 is 11.9 Å². The Kier molecular flexibility index (Phi) is 7.62. The van der Waals surface area contributed by atoms with E-state index in [9.17, 15) is 14.4 Å². The zero-order chi connectivity index (χ0) is 25.7. The third kappa shape index (κ3) is 5.88. The van der Waals surface area contributed by atoms with Crippen LogP contribution in [-0.4, -0.2) is 43.1 Å². The summed E-state index contributed by atoms with van der Waals surface area (Å²) >= 11 is 1.23. The molecule has 4 N–H and O–H groups in total. The summed E-state index contributed by atoms with van der Waals surface area (Å²) in [7, 11) is 3.84. The largest absolute Gasteiger partial charge is 0.378 e. The monoisotopic (exact) mass is 502 g/mol. The van der Waals surface area contributed by atoms with Crippen LogP contribution < -0.4 is 21.0 Å². The molecule has 0 unspecified atom stereocenters. The number of anilines is 2. The van der Waals surface area contributed by atoms with Crippen LogP contribution in [0, 0.1) is 0 Å². The summed E-state index contributed by atoms with van der Waals surface area (Å²) < 4.78 is 0.835. The highest BCUT2D eigenvalue weighted by Crippen LogP contribution is 2.28. The van der Waals surface area contributed by atoms with E-state index in [0.717, 1.165) is 21.3 Å². The summed E-state index contributed by atoms with van der Waals surface area (Å²) in [5.41, 5.74) is 4.49. The first-order valence-electron chi connectivity index (χ1n) is 11.2. The fourth-order valence-corrected chi connectivity index (χ4v) is 4.66. The van der Waals surface area contributed by atoms with Gasteiger partial charge in [-0.1, -0.05) is 30.3 Å². The van der Waals surface area contributed by atoms with Crippen LogP contribution in [0.1, 0.15) is 25.6 Å². The molecule has 3 amide bonds. The third-order valence-electron chi connectivity index (χ3n) is 5.66. The molecule has 4 rings (SSSR count). The molecule has 3 aromatic carbocycles. The van der Waals surface area contributed by atoms with E-state index in [1.54, 1.807) is 41.9 Å². The Morgan fingerprint density at radius 3 is 2.31 bits per heavy atom. The van der Waals surface area contributed by atoms with Crippen molar-refractivity contribution in [3.05, 3.63) is 94.9 Å². The maximum Gasteiger partial charge on any atom is 0.284 e. The van der Waals surface area contributed by atoms with Gasteiger partial charge in [0.2, 0.25) is 5.91 Å². The fourth-order valence-electron chi connectivity index (χ4n) is 3.73. The lowest BCUT2D eigenvalue weighted by Crippen LogP contribution is -2.45. The van der Waals surface area contributed by atoms with Crippen molar-refractivity contribution in [2.45, 2.75) is 12.5 Å². The van der Waals surface area contributed by atoms with Gasteiger partial charge < -0.3 is 15.5 Å². The summed E-state index contributed by atoms with van der Waals surface area (Å²) in [6.07, 6.45) is 0.315. The number of hydroxylamine groups is 1. The molecule has 1 atom stereocenters. The van der Waals surface area contributed by atoms with Crippen LogP contribution in [0.5, 0.6) is 0 Å². The molecule has 9 heteroatoms. The Morgan fingerprint density at radius 1 is 0.917 bits per heavy atom. The van der Waals surface area contributed by atoms with E-state index in [2.05, 4.69) is 10.6 Å². The highest BCUT2D eigenvalue weighted by Gasteiger charge is 2.22. The predicted octanol–water partition coefficient (Wildman–Crippen LogP) is 4.07. The molecular formula is C27H26N4O4S. The highest BCUT2D eigenvalue weighted by molar-refractivity contribution is 7.20. The predicted molar refractivity (Wildman–Crippen MR) is 142 cm³/mol. The number of hydrogen-bond acceptors (Lipinski definition) is 6. The number of fused-ring (bicyclic) bond motifs is 1. The smallest absolute Gasteiger partial charge is 0.284 e. The number of nitrogens with one attached hydrogen (secondary N) is 3. The Labute approximate surface area is 212 Å². The van der Waals surface area contributed by atoms with E-state index in [1.165, 1.54) is 11.3 Å². The number of hydrogen-bond donors (Lipinski definition) is 4. The normalized spacial score (nSPS) is 11.5.